The van der Waals surface area contributed by atoms with E-state index in [0.29, 0.717) is 11.5 Å². The Morgan fingerprint density at radius 3 is 3.00 bits per heavy atom. The fraction of sp³-hybridized carbons (Fsp3) is 0.0833. The largest absolute Gasteiger partial charge is 0.488 e. The van der Waals surface area contributed by atoms with Gasteiger partial charge in [0.1, 0.15) is 12.4 Å². The van der Waals surface area contributed by atoms with Gasteiger partial charge in [-0.15, -0.1) is 11.3 Å². The lowest BCUT2D eigenvalue weighted by Gasteiger charge is -2.16. The smallest absolute Gasteiger partial charge is 0.262 e. The summed E-state index contributed by atoms with van der Waals surface area (Å²) in [6.45, 7) is 0.507. The first kappa shape index (κ1) is 9.87. The topological polar surface area (TPSA) is 26.3 Å². The molecule has 1 aliphatic rings. The molecule has 0 saturated carbocycles. The lowest BCUT2D eigenvalue weighted by Crippen LogP contribution is -2.02. The molecular weight excluding hydrogens is 244 g/mol. The first-order chi connectivity index (χ1) is 7.75. The fourth-order valence-corrected chi connectivity index (χ4v) is 3.00. The van der Waals surface area contributed by atoms with Gasteiger partial charge in [-0.1, -0.05) is 12.1 Å². The predicted octanol–water partition coefficient (Wildman–Crippen LogP) is 3.69. The Kier molecular flexibility index (Phi) is 2.23. The number of ether oxygens (including phenoxy) is 1. The number of benzene rings is 1. The number of hydrogen-bond donors (Lipinski definition) is 0. The number of hydrogen-bond acceptors (Lipinski definition) is 3. The van der Waals surface area contributed by atoms with Crippen LogP contribution in [-0.4, -0.2) is 5.24 Å². The molecule has 16 heavy (non-hydrogen) atoms. The van der Waals surface area contributed by atoms with Crippen molar-refractivity contribution in [2.75, 3.05) is 0 Å². The van der Waals surface area contributed by atoms with Gasteiger partial charge < -0.3 is 4.74 Å². The van der Waals surface area contributed by atoms with E-state index in [9.17, 15) is 4.79 Å². The van der Waals surface area contributed by atoms with Crippen LogP contribution < -0.4 is 4.74 Å². The van der Waals surface area contributed by atoms with Crippen molar-refractivity contribution >= 4 is 28.2 Å². The van der Waals surface area contributed by atoms with Gasteiger partial charge >= 0.3 is 0 Å². The second kappa shape index (κ2) is 3.61. The highest BCUT2D eigenvalue weighted by Crippen LogP contribution is 2.42. The number of halogens is 1. The molecule has 2 nitrogen and oxygen atoms in total. The van der Waals surface area contributed by atoms with Crippen LogP contribution in [0, 0.1) is 0 Å². The maximum Gasteiger partial charge on any atom is 0.262 e. The van der Waals surface area contributed by atoms with Gasteiger partial charge in [-0.2, -0.15) is 0 Å². The molecule has 2 heterocycles. The van der Waals surface area contributed by atoms with Crippen molar-refractivity contribution in [3.8, 4) is 16.2 Å². The van der Waals surface area contributed by atoms with Crippen LogP contribution in [-0.2, 0) is 6.61 Å². The van der Waals surface area contributed by atoms with Crippen LogP contribution in [0.2, 0.25) is 0 Å². The zero-order chi connectivity index (χ0) is 11.1. The van der Waals surface area contributed by atoms with Crippen molar-refractivity contribution in [3.63, 3.8) is 0 Å². The van der Waals surface area contributed by atoms with Gasteiger partial charge in [0.25, 0.3) is 5.24 Å². The Balaban J connectivity index is 2.20. The fourth-order valence-electron chi connectivity index (χ4n) is 1.80. The summed E-state index contributed by atoms with van der Waals surface area (Å²) in [6.07, 6.45) is 0. The van der Waals surface area contributed by atoms with Gasteiger partial charge in [-0.3, -0.25) is 4.79 Å². The maximum absolute atomic E-state index is 11.1. The summed E-state index contributed by atoms with van der Waals surface area (Å²) in [5.74, 6) is 0.866. The molecule has 4 heteroatoms. The van der Waals surface area contributed by atoms with Gasteiger partial charge in [0.2, 0.25) is 0 Å². The molecule has 1 aromatic carbocycles. The van der Waals surface area contributed by atoms with Crippen molar-refractivity contribution in [2.45, 2.75) is 6.61 Å². The molecule has 0 aliphatic carbocycles. The number of rotatable bonds is 1. The summed E-state index contributed by atoms with van der Waals surface area (Å²) in [4.78, 5) is 12.8. The van der Waals surface area contributed by atoms with Crippen LogP contribution in [0.15, 0.2) is 30.3 Å². The molecule has 0 saturated heterocycles. The van der Waals surface area contributed by atoms with Crippen LogP contribution in [0.3, 0.4) is 0 Å². The van der Waals surface area contributed by atoms with Crippen molar-refractivity contribution in [1.29, 1.82) is 0 Å². The third kappa shape index (κ3) is 1.44. The first-order valence-electron chi connectivity index (χ1n) is 4.80. The van der Waals surface area contributed by atoms with Crippen molar-refractivity contribution in [2.24, 2.45) is 0 Å². The molecule has 0 bridgehead atoms. The molecule has 2 aromatic rings. The lowest BCUT2D eigenvalue weighted by atomic mass is 10.1. The van der Waals surface area contributed by atoms with E-state index < -0.39 is 5.24 Å². The second-order valence-corrected chi connectivity index (χ2v) is 4.92. The summed E-state index contributed by atoms with van der Waals surface area (Å²) >= 11 is 6.91. The highest BCUT2D eigenvalue weighted by atomic mass is 35.5. The Labute approximate surface area is 101 Å². The lowest BCUT2D eigenvalue weighted by molar-refractivity contribution is 0.108. The van der Waals surface area contributed by atoms with Crippen LogP contribution in [0.1, 0.15) is 15.2 Å². The Morgan fingerprint density at radius 1 is 1.38 bits per heavy atom. The predicted molar refractivity (Wildman–Crippen MR) is 64.3 cm³/mol. The highest BCUT2D eigenvalue weighted by molar-refractivity contribution is 7.19. The molecule has 0 radical (unpaired) electrons. The van der Waals surface area contributed by atoms with Gasteiger partial charge in [-0.05, 0) is 29.8 Å². The van der Waals surface area contributed by atoms with Crippen LogP contribution in [0.4, 0.5) is 0 Å². The minimum absolute atomic E-state index is 0.406. The Hall–Kier alpha value is -1.32. The molecule has 0 atom stereocenters. The van der Waals surface area contributed by atoms with E-state index in [4.69, 9.17) is 16.3 Å². The van der Waals surface area contributed by atoms with Crippen LogP contribution >= 0.6 is 22.9 Å². The molecular formula is C12H7ClO2S. The number of para-hydroxylation sites is 1. The zero-order valence-corrected chi connectivity index (χ0v) is 9.77. The molecule has 0 fully saturated rings. The minimum atomic E-state index is -0.406. The summed E-state index contributed by atoms with van der Waals surface area (Å²) in [5.41, 5.74) is 2.07. The summed E-state index contributed by atoms with van der Waals surface area (Å²) in [7, 11) is 0. The van der Waals surface area contributed by atoms with Gasteiger partial charge in [0.05, 0.1) is 4.88 Å². The van der Waals surface area contributed by atoms with E-state index in [1.807, 2.05) is 30.3 Å². The summed E-state index contributed by atoms with van der Waals surface area (Å²) in [5, 5.41) is -0.406. The van der Waals surface area contributed by atoms with E-state index in [1.54, 1.807) is 0 Å². The SMILES string of the molecule is O=C(Cl)c1cc2c(s1)-c1ccccc1OC2. The average Bonchev–Trinajstić information content (AvgIpc) is 2.73. The quantitative estimate of drug-likeness (QED) is 0.722. The highest BCUT2D eigenvalue weighted by Gasteiger charge is 2.21. The molecule has 0 N–H and O–H groups in total. The van der Waals surface area contributed by atoms with E-state index >= 15 is 0 Å². The molecule has 80 valence electrons. The molecule has 0 unspecified atom stereocenters. The van der Waals surface area contributed by atoms with Crippen LogP contribution in [0.25, 0.3) is 10.4 Å². The van der Waals surface area contributed by atoms with Gasteiger partial charge in [-0.25, -0.2) is 0 Å². The molecule has 1 aliphatic heterocycles. The number of carbonyl (C=O) groups excluding carboxylic acids is 1. The normalized spacial score (nSPS) is 12.6. The minimum Gasteiger partial charge on any atom is -0.488 e. The van der Waals surface area contributed by atoms with Crippen molar-refractivity contribution in [3.05, 3.63) is 40.8 Å². The average molecular weight is 251 g/mol. The van der Waals surface area contributed by atoms with E-state index in [2.05, 4.69) is 0 Å². The van der Waals surface area contributed by atoms with E-state index in [0.717, 1.165) is 21.8 Å². The molecule has 3 rings (SSSR count). The number of thiophene rings is 1. The standard InChI is InChI=1S/C12H7ClO2S/c13-12(14)10-5-7-6-15-9-4-2-1-3-8(9)11(7)16-10/h1-5H,6H2. The van der Waals surface area contributed by atoms with Gasteiger partial charge in [0.15, 0.2) is 0 Å². The molecule has 1 aromatic heterocycles. The van der Waals surface area contributed by atoms with Gasteiger partial charge in [0, 0.05) is 16.0 Å². The second-order valence-electron chi connectivity index (χ2n) is 3.52. The molecule has 0 amide bonds. The summed E-state index contributed by atoms with van der Waals surface area (Å²) < 4.78 is 5.60. The van der Waals surface area contributed by atoms with E-state index in [-0.39, 0.29) is 0 Å². The zero-order valence-electron chi connectivity index (χ0n) is 8.20. The van der Waals surface area contributed by atoms with Crippen LogP contribution in [0.5, 0.6) is 5.75 Å². The molecule has 0 spiro atoms. The summed E-state index contributed by atoms with van der Waals surface area (Å²) in [6, 6.07) is 9.63. The van der Waals surface area contributed by atoms with Crippen molar-refractivity contribution < 1.29 is 9.53 Å². The Bertz CT molecular complexity index is 574. The monoisotopic (exact) mass is 250 g/mol. The number of carbonyl (C=O) groups is 1. The van der Waals surface area contributed by atoms with Crippen molar-refractivity contribution in [1.82, 2.24) is 0 Å². The third-order valence-electron chi connectivity index (χ3n) is 2.52. The number of fused-ring (bicyclic) bond motifs is 3. The third-order valence-corrected chi connectivity index (χ3v) is 4.04. The Morgan fingerprint density at radius 2 is 2.19 bits per heavy atom. The maximum atomic E-state index is 11.1. The first-order valence-corrected chi connectivity index (χ1v) is 6.00. The van der Waals surface area contributed by atoms with E-state index in [1.165, 1.54) is 11.3 Å².